The van der Waals surface area contributed by atoms with Gasteiger partial charge in [0.05, 0.1) is 22.1 Å². The molecule has 0 N–H and O–H groups in total. The van der Waals surface area contributed by atoms with Crippen molar-refractivity contribution in [2.24, 2.45) is 0 Å². The fraction of sp³-hybridized carbons (Fsp3) is 0. The summed E-state index contributed by atoms with van der Waals surface area (Å²) in [7, 11) is 0. The summed E-state index contributed by atoms with van der Waals surface area (Å²) in [5.41, 5.74) is 15.9. The van der Waals surface area contributed by atoms with Crippen LogP contribution in [0.25, 0.3) is 139 Å². The molecule has 0 aliphatic carbocycles. The number of para-hydroxylation sites is 2. The summed E-state index contributed by atoms with van der Waals surface area (Å²) < 4.78 is 15.9. The lowest BCUT2D eigenvalue weighted by Gasteiger charge is -2.12. The third-order valence-corrected chi connectivity index (χ3v) is 13.5. The zero-order valence-electron chi connectivity index (χ0n) is 37.0. The van der Waals surface area contributed by atoms with E-state index in [1.54, 1.807) is 0 Å². The largest absolute Gasteiger partial charge is 0.456 e. The number of aromatic nitrogens is 4. The molecule has 322 valence electrons. The van der Waals surface area contributed by atoms with Gasteiger partial charge < -0.3 is 13.4 Å². The maximum absolute atomic E-state index is 6.93. The number of benzene rings is 10. The topological polar surface area (TPSA) is 69.9 Å². The van der Waals surface area contributed by atoms with E-state index in [-0.39, 0.29) is 0 Å². The maximum atomic E-state index is 6.93. The van der Waals surface area contributed by atoms with Crippen molar-refractivity contribution in [1.82, 2.24) is 19.5 Å². The number of hydrogen-bond acceptors (Lipinski definition) is 5. The molecule has 6 nitrogen and oxygen atoms in total. The Bertz CT molecular complexity index is 4250. The summed E-state index contributed by atoms with van der Waals surface area (Å²) in [6.07, 6.45) is 0. The van der Waals surface area contributed by atoms with E-state index >= 15 is 0 Å². The van der Waals surface area contributed by atoms with Gasteiger partial charge in [-0.25, -0.2) is 15.0 Å². The first-order valence-corrected chi connectivity index (χ1v) is 23.2. The second kappa shape index (κ2) is 15.6. The number of hydrogen-bond donors (Lipinski definition) is 0. The predicted octanol–water partition coefficient (Wildman–Crippen LogP) is 16.8. The van der Waals surface area contributed by atoms with Crippen LogP contribution in [0.3, 0.4) is 0 Å². The first kappa shape index (κ1) is 38.8. The van der Waals surface area contributed by atoms with E-state index in [9.17, 15) is 0 Å². The van der Waals surface area contributed by atoms with Gasteiger partial charge in [-0.1, -0.05) is 170 Å². The summed E-state index contributed by atoms with van der Waals surface area (Å²) in [6, 6.07) is 80.4. The lowest BCUT2D eigenvalue weighted by atomic mass is 9.95. The van der Waals surface area contributed by atoms with Crippen LogP contribution in [0.4, 0.5) is 0 Å². The molecule has 14 aromatic rings. The molecule has 0 radical (unpaired) electrons. The Kier molecular flexibility index (Phi) is 8.79. The van der Waals surface area contributed by atoms with Crippen LogP contribution in [0.5, 0.6) is 0 Å². The number of fused-ring (bicyclic) bond motifs is 9. The summed E-state index contributed by atoms with van der Waals surface area (Å²) in [4.78, 5) is 15.0. The maximum Gasteiger partial charge on any atom is 0.164 e. The van der Waals surface area contributed by atoms with Crippen molar-refractivity contribution in [3.8, 4) is 73.2 Å². The highest BCUT2D eigenvalue weighted by Crippen LogP contribution is 2.45. The van der Waals surface area contributed by atoms with E-state index in [0.717, 1.165) is 99.5 Å². The molecule has 14 rings (SSSR count). The van der Waals surface area contributed by atoms with Gasteiger partial charge in [0.25, 0.3) is 0 Å². The Morgan fingerprint density at radius 2 is 0.841 bits per heavy atom. The first-order chi connectivity index (χ1) is 34.2. The van der Waals surface area contributed by atoms with Gasteiger partial charge in [-0.05, 0) is 88.5 Å². The van der Waals surface area contributed by atoms with Gasteiger partial charge in [0, 0.05) is 49.2 Å². The highest BCUT2D eigenvalue weighted by Gasteiger charge is 2.23. The van der Waals surface area contributed by atoms with Crippen molar-refractivity contribution in [3.63, 3.8) is 0 Å². The molecule has 10 aromatic carbocycles. The number of nitrogens with zero attached hydrogens (tertiary/aromatic N) is 4. The van der Waals surface area contributed by atoms with Crippen LogP contribution in [-0.4, -0.2) is 19.5 Å². The van der Waals surface area contributed by atoms with Crippen molar-refractivity contribution in [2.75, 3.05) is 0 Å². The van der Waals surface area contributed by atoms with E-state index in [4.69, 9.17) is 23.8 Å². The second-order valence-corrected chi connectivity index (χ2v) is 17.5. The van der Waals surface area contributed by atoms with Gasteiger partial charge in [-0.2, -0.15) is 0 Å². The summed E-state index contributed by atoms with van der Waals surface area (Å²) >= 11 is 0. The number of furan rings is 2. The molecule has 0 spiro atoms. The second-order valence-electron chi connectivity index (χ2n) is 17.5. The van der Waals surface area contributed by atoms with Crippen LogP contribution in [0, 0.1) is 0 Å². The molecule has 0 bridgehead atoms. The van der Waals surface area contributed by atoms with Crippen molar-refractivity contribution in [3.05, 3.63) is 231 Å². The van der Waals surface area contributed by atoms with Crippen molar-refractivity contribution < 1.29 is 8.83 Å². The first-order valence-electron chi connectivity index (χ1n) is 23.2. The molecular weight excluding hydrogens is 845 g/mol. The van der Waals surface area contributed by atoms with Gasteiger partial charge in [0.15, 0.2) is 17.5 Å². The van der Waals surface area contributed by atoms with E-state index < -0.39 is 0 Å². The van der Waals surface area contributed by atoms with Crippen LogP contribution in [0.1, 0.15) is 0 Å². The molecule has 0 fully saturated rings. The average Bonchev–Trinajstić information content (AvgIpc) is 4.11. The van der Waals surface area contributed by atoms with Gasteiger partial charge >= 0.3 is 0 Å². The standard InChI is InChI=1S/C63H38N4O2/c1-4-16-39(17-5-1)42-30-33-53-50(37-42)48-24-10-12-27-52(48)67(53)54-34-32-47(60-59(54)49-25-11-13-28-55(49)69-60)44-31-35-56-51(38-44)58-46(26-15-29-57(58)68-56)43-22-14-23-45(36-43)63-65-61(40-18-6-2-7-19-40)64-62(66-63)41-20-8-3-9-21-41/h1-38H. The summed E-state index contributed by atoms with van der Waals surface area (Å²) in [6.45, 7) is 0. The monoisotopic (exact) mass is 882 g/mol. The zero-order valence-corrected chi connectivity index (χ0v) is 37.0. The zero-order chi connectivity index (χ0) is 45.4. The molecule has 0 saturated heterocycles. The molecule has 4 aromatic heterocycles. The Morgan fingerprint density at radius 1 is 0.290 bits per heavy atom. The SMILES string of the molecule is c1ccc(-c2ccc3c(c2)c2ccccc2n3-c2ccc(-c3ccc4oc5cccc(-c6cccc(-c7nc(-c8ccccc8)nc(-c8ccccc8)n7)c6)c5c4c3)c3oc4ccccc4c23)cc1. The van der Waals surface area contributed by atoms with Gasteiger partial charge in [0.1, 0.15) is 22.3 Å². The van der Waals surface area contributed by atoms with Gasteiger partial charge in [-0.15, -0.1) is 0 Å². The highest BCUT2D eigenvalue weighted by molar-refractivity contribution is 6.18. The highest BCUT2D eigenvalue weighted by atomic mass is 16.3. The van der Waals surface area contributed by atoms with E-state index in [1.165, 1.54) is 21.9 Å². The molecule has 0 atom stereocenters. The fourth-order valence-corrected chi connectivity index (χ4v) is 10.3. The van der Waals surface area contributed by atoms with Gasteiger partial charge in [-0.3, -0.25) is 0 Å². The van der Waals surface area contributed by atoms with Crippen LogP contribution in [0.15, 0.2) is 239 Å². The van der Waals surface area contributed by atoms with Crippen molar-refractivity contribution >= 4 is 65.7 Å². The minimum absolute atomic E-state index is 0.604. The Hall–Kier alpha value is -9.39. The molecule has 0 unspecified atom stereocenters. The summed E-state index contributed by atoms with van der Waals surface area (Å²) in [5.74, 6) is 1.85. The lowest BCUT2D eigenvalue weighted by molar-refractivity contribution is 0.668. The van der Waals surface area contributed by atoms with Crippen LogP contribution in [0.2, 0.25) is 0 Å². The third kappa shape index (κ3) is 6.38. The quantitative estimate of drug-likeness (QED) is 0.159. The predicted molar refractivity (Wildman–Crippen MR) is 281 cm³/mol. The molecule has 0 saturated carbocycles. The fourth-order valence-electron chi connectivity index (χ4n) is 10.3. The van der Waals surface area contributed by atoms with Crippen LogP contribution < -0.4 is 0 Å². The van der Waals surface area contributed by atoms with Crippen molar-refractivity contribution in [1.29, 1.82) is 0 Å². The minimum Gasteiger partial charge on any atom is -0.456 e. The van der Waals surface area contributed by atoms with E-state index in [1.807, 2.05) is 72.8 Å². The molecule has 0 aliphatic rings. The van der Waals surface area contributed by atoms with Crippen LogP contribution >= 0.6 is 0 Å². The lowest BCUT2D eigenvalue weighted by Crippen LogP contribution is -2.00. The Morgan fingerprint density at radius 3 is 1.61 bits per heavy atom. The van der Waals surface area contributed by atoms with Gasteiger partial charge in [0.2, 0.25) is 0 Å². The van der Waals surface area contributed by atoms with E-state index in [0.29, 0.717) is 17.5 Å². The minimum atomic E-state index is 0.604. The molecule has 0 aliphatic heterocycles. The van der Waals surface area contributed by atoms with Crippen molar-refractivity contribution in [2.45, 2.75) is 0 Å². The molecule has 0 amide bonds. The molecule has 69 heavy (non-hydrogen) atoms. The summed E-state index contributed by atoms with van der Waals surface area (Å²) in [5, 5.41) is 6.60. The smallest absolute Gasteiger partial charge is 0.164 e. The normalized spacial score (nSPS) is 11.8. The Balaban J connectivity index is 0.924. The molecular formula is C63H38N4O2. The molecule has 4 heterocycles. The third-order valence-electron chi connectivity index (χ3n) is 13.5. The number of rotatable bonds is 7. The Labute approximate surface area is 396 Å². The van der Waals surface area contributed by atoms with E-state index in [2.05, 4.69) is 162 Å². The van der Waals surface area contributed by atoms with Crippen LogP contribution in [-0.2, 0) is 0 Å². The molecule has 6 heteroatoms. The average molecular weight is 883 g/mol.